The van der Waals surface area contributed by atoms with Gasteiger partial charge < -0.3 is 14.8 Å². The number of aliphatic imine (C=N–C) groups is 1. The number of carbonyl (C=O) groups is 2. The molecule has 0 aromatic heterocycles. The molecule has 2 aromatic rings. The number of halogens is 1. The lowest BCUT2D eigenvalue weighted by Gasteiger charge is -2.13. The number of rotatable bonds is 5. The molecule has 1 aliphatic rings. The molecule has 0 bridgehead atoms. The van der Waals surface area contributed by atoms with Gasteiger partial charge in [0.25, 0.3) is 5.91 Å². The maximum atomic E-state index is 12.0. The van der Waals surface area contributed by atoms with Gasteiger partial charge in [-0.1, -0.05) is 41.4 Å². The van der Waals surface area contributed by atoms with Crippen LogP contribution >= 0.6 is 23.4 Å². The fraction of sp³-hybridized carbons (Fsp3) is 0.190. The van der Waals surface area contributed by atoms with Gasteiger partial charge in [-0.05, 0) is 48.0 Å². The number of ether oxygens (including phenoxy) is 2. The molecule has 0 saturated carbocycles. The summed E-state index contributed by atoms with van der Waals surface area (Å²) < 4.78 is 11.3. The van der Waals surface area contributed by atoms with E-state index in [-0.39, 0.29) is 11.1 Å². The summed E-state index contributed by atoms with van der Waals surface area (Å²) in [6.07, 6.45) is 1.64. The number of thioether (sulfide) groups is 1. The molecule has 0 saturated heterocycles. The molecule has 1 N–H and O–H groups in total. The molecule has 0 fully saturated rings. The lowest BCUT2D eigenvalue weighted by molar-refractivity contribution is -0.117. The van der Waals surface area contributed by atoms with Gasteiger partial charge in [0.15, 0.2) is 16.7 Å². The number of hydrogen-bond donors (Lipinski definition) is 1. The van der Waals surface area contributed by atoms with E-state index in [1.165, 1.54) is 19.6 Å². The van der Waals surface area contributed by atoms with Crippen molar-refractivity contribution in [2.75, 3.05) is 7.11 Å². The first kappa shape index (κ1) is 21.0. The van der Waals surface area contributed by atoms with E-state index in [9.17, 15) is 9.59 Å². The van der Waals surface area contributed by atoms with Crippen LogP contribution in [0.5, 0.6) is 11.5 Å². The number of methoxy groups -OCH3 is 1. The van der Waals surface area contributed by atoms with Gasteiger partial charge in [-0.2, -0.15) is 4.99 Å². The maximum Gasteiger partial charge on any atom is 0.286 e. The van der Waals surface area contributed by atoms with Crippen molar-refractivity contribution in [3.8, 4) is 11.5 Å². The monoisotopic (exact) mass is 430 g/mol. The van der Waals surface area contributed by atoms with Crippen LogP contribution in [0, 0.1) is 6.92 Å². The second-order valence-electron chi connectivity index (χ2n) is 6.32. The zero-order chi connectivity index (χ0) is 21.0. The Morgan fingerprint density at radius 3 is 2.66 bits per heavy atom. The van der Waals surface area contributed by atoms with Gasteiger partial charge >= 0.3 is 0 Å². The van der Waals surface area contributed by atoms with Crippen molar-refractivity contribution in [3.05, 3.63) is 63.0 Å². The first-order valence-corrected chi connectivity index (χ1v) is 9.91. The van der Waals surface area contributed by atoms with Gasteiger partial charge in [-0.3, -0.25) is 9.59 Å². The minimum absolute atomic E-state index is 0.255. The zero-order valence-electron chi connectivity index (χ0n) is 16.1. The van der Waals surface area contributed by atoms with E-state index in [1.54, 1.807) is 18.2 Å². The molecule has 1 aliphatic heterocycles. The van der Waals surface area contributed by atoms with E-state index in [1.807, 2.05) is 31.2 Å². The van der Waals surface area contributed by atoms with Gasteiger partial charge in [0, 0.05) is 6.92 Å². The number of nitrogens with one attached hydrogen (secondary N) is 1. The van der Waals surface area contributed by atoms with E-state index in [0.717, 1.165) is 17.3 Å². The highest BCUT2D eigenvalue weighted by Gasteiger charge is 2.23. The van der Waals surface area contributed by atoms with Crippen LogP contribution in [0.1, 0.15) is 23.6 Å². The first-order valence-electron chi connectivity index (χ1n) is 8.71. The summed E-state index contributed by atoms with van der Waals surface area (Å²) >= 11 is 7.50. The summed E-state index contributed by atoms with van der Waals surface area (Å²) in [5.74, 6) is 0.172. The molecular formula is C21H19ClN2O4S. The summed E-state index contributed by atoms with van der Waals surface area (Å²) in [5, 5.41) is 3.13. The Balaban J connectivity index is 1.79. The number of hydrogen-bond acceptors (Lipinski definition) is 5. The van der Waals surface area contributed by atoms with Crippen molar-refractivity contribution in [2.24, 2.45) is 4.99 Å². The Labute approximate surface area is 177 Å². The third-order valence-corrected chi connectivity index (χ3v) is 5.14. The summed E-state index contributed by atoms with van der Waals surface area (Å²) in [6.45, 7) is 3.73. The second-order valence-corrected chi connectivity index (χ2v) is 7.76. The van der Waals surface area contributed by atoms with Crippen LogP contribution in [-0.2, 0) is 16.2 Å². The van der Waals surface area contributed by atoms with Gasteiger partial charge in [-0.15, -0.1) is 0 Å². The molecule has 0 atom stereocenters. The second kappa shape index (κ2) is 9.15. The van der Waals surface area contributed by atoms with Crippen LogP contribution in [0.2, 0.25) is 5.02 Å². The highest BCUT2D eigenvalue weighted by atomic mass is 35.5. The minimum atomic E-state index is -0.423. The Hall–Kier alpha value is -2.77. The first-order chi connectivity index (χ1) is 13.9. The Bertz CT molecular complexity index is 1020. The molecule has 0 spiro atoms. The fourth-order valence-corrected chi connectivity index (χ4v) is 3.70. The summed E-state index contributed by atoms with van der Waals surface area (Å²) in [7, 11) is 1.52. The Morgan fingerprint density at radius 2 is 2.00 bits per heavy atom. The maximum absolute atomic E-state index is 12.0. The molecule has 6 nitrogen and oxygen atoms in total. The van der Waals surface area contributed by atoms with E-state index in [0.29, 0.717) is 33.6 Å². The number of nitrogens with zero attached hydrogens (tertiary/aromatic N) is 1. The SMILES string of the molecule is COc1cc(/C=C2\SC(NC(C)=O)=NC2=O)cc(Cl)c1OCc1ccc(C)cc1. The van der Waals surface area contributed by atoms with Crippen molar-refractivity contribution in [2.45, 2.75) is 20.5 Å². The molecule has 1 heterocycles. The third kappa shape index (κ3) is 5.40. The molecule has 8 heteroatoms. The van der Waals surface area contributed by atoms with E-state index >= 15 is 0 Å². The van der Waals surface area contributed by atoms with Crippen LogP contribution in [0.3, 0.4) is 0 Å². The predicted octanol–water partition coefficient (Wildman–Crippen LogP) is 4.34. The largest absolute Gasteiger partial charge is 0.493 e. The van der Waals surface area contributed by atoms with Crippen molar-refractivity contribution >= 4 is 46.4 Å². The van der Waals surface area contributed by atoms with Crippen LogP contribution in [0.4, 0.5) is 0 Å². The zero-order valence-corrected chi connectivity index (χ0v) is 17.7. The molecule has 0 radical (unpaired) electrons. The lowest BCUT2D eigenvalue weighted by atomic mass is 10.1. The summed E-state index contributed by atoms with van der Waals surface area (Å²) in [4.78, 5) is 27.4. The highest BCUT2D eigenvalue weighted by molar-refractivity contribution is 8.18. The average Bonchev–Trinajstić information content (AvgIpc) is 2.99. The molecule has 2 aromatic carbocycles. The smallest absolute Gasteiger partial charge is 0.286 e. The molecule has 3 rings (SSSR count). The van der Waals surface area contributed by atoms with Crippen molar-refractivity contribution < 1.29 is 19.1 Å². The number of carbonyl (C=O) groups excluding carboxylic acids is 2. The number of amides is 2. The molecule has 2 amide bonds. The summed E-state index contributed by atoms with van der Waals surface area (Å²) in [6, 6.07) is 11.4. The Kier molecular flexibility index (Phi) is 6.61. The van der Waals surface area contributed by atoms with E-state index < -0.39 is 5.91 Å². The van der Waals surface area contributed by atoms with Gasteiger partial charge in [-0.25, -0.2) is 0 Å². The van der Waals surface area contributed by atoms with E-state index in [4.69, 9.17) is 21.1 Å². The van der Waals surface area contributed by atoms with Crippen molar-refractivity contribution in [1.82, 2.24) is 5.32 Å². The summed E-state index contributed by atoms with van der Waals surface area (Å²) in [5.41, 5.74) is 2.84. The molecule has 29 heavy (non-hydrogen) atoms. The topological polar surface area (TPSA) is 77.0 Å². The molecule has 150 valence electrons. The van der Waals surface area contributed by atoms with Crippen LogP contribution < -0.4 is 14.8 Å². The number of amidine groups is 1. The highest BCUT2D eigenvalue weighted by Crippen LogP contribution is 2.38. The number of benzene rings is 2. The quantitative estimate of drug-likeness (QED) is 0.714. The molecule has 0 aliphatic carbocycles. The number of aryl methyl sites for hydroxylation is 1. The van der Waals surface area contributed by atoms with Gasteiger partial charge in [0.05, 0.1) is 17.0 Å². The minimum Gasteiger partial charge on any atom is -0.493 e. The fourth-order valence-electron chi connectivity index (χ4n) is 2.57. The molecule has 0 unspecified atom stereocenters. The van der Waals surface area contributed by atoms with Crippen LogP contribution in [0.15, 0.2) is 46.3 Å². The van der Waals surface area contributed by atoms with Crippen LogP contribution in [0.25, 0.3) is 6.08 Å². The average molecular weight is 431 g/mol. The van der Waals surface area contributed by atoms with E-state index in [2.05, 4.69) is 10.3 Å². The predicted molar refractivity (Wildman–Crippen MR) is 115 cm³/mol. The standard InChI is InChI=1S/C21H19ClN2O4S/c1-12-4-6-14(7-5-12)11-28-19-16(22)8-15(9-17(19)27-3)10-18-20(26)24-21(29-18)23-13(2)25/h4-10H,11H2,1-3H3,(H,23,24,25,26)/b18-10-. The van der Waals surface area contributed by atoms with Gasteiger partial charge in [0.1, 0.15) is 6.61 Å². The normalized spacial score (nSPS) is 14.7. The lowest BCUT2D eigenvalue weighted by Crippen LogP contribution is -2.23. The van der Waals surface area contributed by atoms with Crippen LogP contribution in [-0.4, -0.2) is 24.1 Å². The third-order valence-electron chi connectivity index (χ3n) is 3.96. The van der Waals surface area contributed by atoms with Crippen molar-refractivity contribution in [1.29, 1.82) is 0 Å². The molecular weight excluding hydrogens is 412 g/mol. The van der Waals surface area contributed by atoms with Gasteiger partial charge in [0.2, 0.25) is 5.91 Å². The Morgan fingerprint density at radius 1 is 1.28 bits per heavy atom. The van der Waals surface area contributed by atoms with Crippen molar-refractivity contribution in [3.63, 3.8) is 0 Å².